The first kappa shape index (κ1) is 11.4. The molecule has 88 valence electrons. The molecule has 2 aliphatic rings. The molecule has 2 fully saturated rings. The Morgan fingerprint density at radius 2 is 1.80 bits per heavy atom. The van der Waals surface area contributed by atoms with Crippen molar-refractivity contribution in [3.8, 4) is 0 Å². The van der Waals surface area contributed by atoms with Crippen LogP contribution in [0.5, 0.6) is 0 Å². The lowest BCUT2D eigenvalue weighted by molar-refractivity contribution is 0.0881. The van der Waals surface area contributed by atoms with Crippen molar-refractivity contribution in [1.82, 2.24) is 10.2 Å². The van der Waals surface area contributed by atoms with E-state index in [9.17, 15) is 0 Å². The zero-order valence-electron chi connectivity index (χ0n) is 10.5. The van der Waals surface area contributed by atoms with Crippen molar-refractivity contribution < 1.29 is 0 Å². The van der Waals surface area contributed by atoms with E-state index in [0.717, 1.165) is 23.9 Å². The molecule has 2 nitrogen and oxygen atoms in total. The summed E-state index contributed by atoms with van der Waals surface area (Å²) in [7, 11) is 2.28. The molecule has 15 heavy (non-hydrogen) atoms. The zero-order valence-corrected chi connectivity index (χ0v) is 10.5. The van der Waals surface area contributed by atoms with Gasteiger partial charge in [0.1, 0.15) is 0 Å². The van der Waals surface area contributed by atoms with Gasteiger partial charge >= 0.3 is 0 Å². The van der Waals surface area contributed by atoms with Gasteiger partial charge in [-0.2, -0.15) is 0 Å². The van der Waals surface area contributed by atoms with E-state index in [4.69, 9.17) is 0 Å². The van der Waals surface area contributed by atoms with E-state index in [1.54, 1.807) is 0 Å². The largest absolute Gasteiger partial charge is 0.316 e. The van der Waals surface area contributed by atoms with Gasteiger partial charge in [0.15, 0.2) is 0 Å². The molecule has 0 aliphatic carbocycles. The predicted molar refractivity (Wildman–Crippen MR) is 65.0 cm³/mol. The average molecular weight is 210 g/mol. The quantitative estimate of drug-likeness (QED) is 0.751. The number of rotatable bonds is 2. The third-order valence-corrected chi connectivity index (χ3v) is 4.57. The minimum absolute atomic E-state index is 0.785. The predicted octanol–water partition coefficient (Wildman–Crippen LogP) is 2.10. The first-order valence-electron chi connectivity index (χ1n) is 6.59. The summed E-state index contributed by atoms with van der Waals surface area (Å²) < 4.78 is 0. The van der Waals surface area contributed by atoms with Gasteiger partial charge in [-0.1, -0.05) is 0 Å². The van der Waals surface area contributed by atoms with Crippen LogP contribution in [0, 0.1) is 11.8 Å². The van der Waals surface area contributed by atoms with E-state index in [2.05, 4.69) is 31.1 Å². The minimum atomic E-state index is 0.785. The molecular weight excluding hydrogens is 184 g/mol. The van der Waals surface area contributed by atoms with Crippen LogP contribution in [0.1, 0.15) is 39.5 Å². The molecule has 0 aromatic carbocycles. The number of piperidine rings is 1. The van der Waals surface area contributed by atoms with Crippen molar-refractivity contribution in [1.29, 1.82) is 0 Å². The van der Waals surface area contributed by atoms with Crippen LogP contribution in [-0.2, 0) is 0 Å². The summed E-state index contributed by atoms with van der Waals surface area (Å²) >= 11 is 0. The molecule has 2 heteroatoms. The van der Waals surface area contributed by atoms with Crippen LogP contribution in [0.25, 0.3) is 0 Å². The number of likely N-dealkylation sites (tertiary alicyclic amines) is 1. The minimum Gasteiger partial charge on any atom is -0.316 e. The molecule has 2 heterocycles. The van der Waals surface area contributed by atoms with Crippen molar-refractivity contribution in [2.45, 2.75) is 51.6 Å². The molecular formula is C13H26N2. The van der Waals surface area contributed by atoms with Crippen LogP contribution in [0.15, 0.2) is 0 Å². The van der Waals surface area contributed by atoms with Gasteiger partial charge in [0, 0.05) is 12.1 Å². The summed E-state index contributed by atoms with van der Waals surface area (Å²) in [6.45, 7) is 7.29. The highest BCUT2D eigenvalue weighted by Gasteiger charge is 2.30. The van der Waals surface area contributed by atoms with Crippen LogP contribution in [-0.4, -0.2) is 37.1 Å². The van der Waals surface area contributed by atoms with Gasteiger partial charge in [-0.25, -0.2) is 0 Å². The fraction of sp³-hybridized carbons (Fsp3) is 1.00. The van der Waals surface area contributed by atoms with Gasteiger partial charge in [0.2, 0.25) is 0 Å². The van der Waals surface area contributed by atoms with E-state index in [0.29, 0.717) is 0 Å². The molecule has 3 atom stereocenters. The second kappa shape index (κ2) is 4.84. The summed E-state index contributed by atoms with van der Waals surface area (Å²) in [6.07, 6.45) is 5.71. The van der Waals surface area contributed by atoms with Crippen LogP contribution in [0.2, 0.25) is 0 Å². The van der Waals surface area contributed by atoms with E-state index in [1.807, 2.05) is 0 Å². The van der Waals surface area contributed by atoms with Crippen molar-refractivity contribution in [3.63, 3.8) is 0 Å². The van der Waals surface area contributed by atoms with Gasteiger partial charge in [-0.05, 0) is 71.5 Å². The van der Waals surface area contributed by atoms with E-state index < -0.39 is 0 Å². The molecule has 0 amide bonds. The maximum Gasteiger partial charge on any atom is 0.00693 e. The molecule has 0 aromatic rings. The SMILES string of the molecule is CC1CC(CC2CCNC2)CC(C)N1C. The standard InChI is InChI=1S/C13H26N2/c1-10-6-13(7-11(2)15(10)3)8-12-4-5-14-9-12/h10-14H,4-9H2,1-3H3. The van der Waals surface area contributed by atoms with Crippen molar-refractivity contribution in [2.75, 3.05) is 20.1 Å². The molecule has 2 saturated heterocycles. The highest BCUT2D eigenvalue weighted by molar-refractivity contribution is 4.85. The Hall–Kier alpha value is -0.0800. The second-order valence-electron chi connectivity index (χ2n) is 5.80. The molecule has 2 rings (SSSR count). The van der Waals surface area contributed by atoms with Crippen LogP contribution >= 0.6 is 0 Å². The first-order valence-corrected chi connectivity index (χ1v) is 6.59. The Labute approximate surface area is 94.4 Å². The third-order valence-electron chi connectivity index (χ3n) is 4.57. The Kier molecular flexibility index (Phi) is 3.68. The Bertz CT molecular complexity index is 187. The lowest BCUT2D eigenvalue weighted by atomic mass is 9.81. The third kappa shape index (κ3) is 2.73. The maximum absolute atomic E-state index is 3.48. The Balaban J connectivity index is 1.82. The zero-order chi connectivity index (χ0) is 10.8. The molecule has 0 bridgehead atoms. The lowest BCUT2D eigenvalue weighted by Gasteiger charge is -2.41. The molecule has 3 unspecified atom stereocenters. The van der Waals surface area contributed by atoms with Crippen molar-refractivity contribution >= 4 is 0 Å². The number of nitrogens with zero attached hydrogens (tertiary/aromatic N) is 1. The van der Waals surface area contributed by atoms with E-state index >= 15 is 0 Å². The normalized spacial score (nSPS) is 43.4. The summed E-state index contributed by atoms with van der Waals surface area (Å²) in [5.41, 5.74) is 0. The van der Waals surface area contributed by atoms with Crippen LogP contribution in [0.3, 0.4) is 0 Å². The van der Waals surface area contributed by atoms with Crippen LogP contribution in [0.4, 0.5) is 0 Å². The monoisotopic (exact) mass is 210 g/mol. The summed E-state index contributed by atoms with van der Waals surface area (Å²) in [5.74, 6) is 1.95. The molecule has 0 radical (unpaired) electrons. The molecule has 0 saturated carbocycles. The molecule has 2 aliphatic heterocycles. The van der Waals surface area contributed by atoms with E-state index in [-0.39, 0.29) is 0 Å². The molecule has 1 N–H and O–H groups in total. The van der Waals surface area contributed by atoms with Gasteiger partial charge in [-0.15, -0.1) is 0 Å². The fourth-order valence-electron chi connectivity index (χ4n) is 3.41. The van der Waals surface area contributed by atoms with Crippen molar-refractivity contribution in [2.24, 2.45) is 11.8 Å². The number of hydrogen-bond acceptors (Lipinski definition) is 2. The molecule has 0 spiro atoms. The van der Waals surface area contributed by atoms with Crippen LogP contribution < -0.4 is 5.32 Å². The van der Waals surface area contributed by atoms with Crippen molar-refractivity contribution in [3.05, 3.63) is 0 Å². The summed E-state index contributed by atoms with van der Waals surface area (Å²) in [5, 5.41) is 3.48. The maximum atomic E-state index is 3.48. The highest BCUT2D eigenvalue weighted by Crippen LogP contribution is 2.32. The lowest BCUT2D eigenvalue weighted by Crippen LogP contribution is -2.44. The van der Waals surface area contributed by atoms with Gasteiger partial charge < -0.3 is 10.2 Å². The van der Waals surface area contributed by atoms with Gasteiger partial charge in [-0.3, -0.25) is 0 Å². The second-order valence-corrected chi connectivity index (χ2v) is 5.80. The van der Waals surface area contributed by atoms with Gasteiger partial charge in [0.25, 0.3) is 0 Å². The van der Waals surface area contributed by atoms with E-state index in [1.165, 1.54) is 38.8 Å². The first-order chi connectivity index (χ1) is 7.16. The summed E-state index contributed by atoms with van der Waals surface area (Å²) in [6, 6.07) is 1.57. The van der Waals surface area contributed by atoms with Gasteiger partial charge in [0.05, 0.1) is 0 Å². The highest BCUT2D eigenvalue weighted by atomic mass is 15.2. The Morgan fingerprint density at radius 3 is 2.33 bits per heavy atom. The average Bonchev–Trinajstić information content (AvgIpc) is 2.66. The topological polar surface area (TPSA) is 15.3 Å². The molecule has 0 aromatic heterocycles. The Morgan fingerprint density at radius 1 is 1.13 bits per heavy atom. The summed E-state index contributed by atoms with van der Waals surface area (Å²) in [4.78, 5) is 2.55. The number of nitrogens with one attached hydrogen (secondary N) is 1. The number of hydrogen-bond donors (Lipinski definition) is 1. The fourth-order valence-corrected chi connectivity index (χ4v) is 3.41. The smallest absolute Gasteiger partial charge is 0.00693 e.